The first kappa shape index (κ1) is 49.8. The van der Waals surface area contributed by atoms with Gasteiger partial charge in [0.1, 0.15) is 9.79 Å². The number of aliphatic hydroxyl groups is 2. The van der Waals surface area contributed by atoms with E-state index in [9.17, 15) is 36.2 Å². The Balaban J connectivity index is 0.00000352. The van der Waals surface area contributed by atoms with Crippen LogP contribution < -0.4 is 91.0 Å². The van der Waals surface area contributed by atoms with Crippen molar-refractivity contribution in [3.63, 3.8) is 0 Å². The number of nitrogens with one attached hydrogen (secondary N) is 6. The summed E-state index contributed by atoms with van der Waals surface area (Å²) in [5.74, 6) is 0.435. The van der Waals surface area contributed by atoms with E-state index >= 15 is 0 Å². The Labute approximate surface area is 404 Å². The molecule has 0 amide bonds. The summed E-state index contributed by atoms with van der Waals surface area (Å²) < 4.78 is 71.0. The minimum atomic E-state index is -4.86. The molecule has 2 aromatic heterocycles. The quantitative estimate of drug-likeness (QED) is 0.0296. The smallest absolute Gasteiger partial charge is 1.00 e. The van der Waals surface area contributed by atoms with E-state index in [1.54, 1.807) is 38.1 Å². The zero-order chi connectivity index (χ0) is 42.9. The van der Waals surface area contributed by atoms with Gasteiger partial charge in [-0.3, -0.25) is 9.11 Å². The van der Waals surface area contributed by atoms with Crippen LogP contribution in [0.1, 0.15) is 27.8 Å². The van der Waals surface area contributed by atoms with E-state index in [0.29, 0.717) is 11.4 Å². The van der Waals surface area contributed by atoms with Crippen LogP contribution in [0.5, 0.6) is 0 Å². The van der Waals surface area contributed by atoms with Crippen molar-refractivity contribution in [2.24, 2.45) is 0 Å². The normalized spacial score (nSPS) is 12.3. The van der Waals surface area contributed by atoms with Gasteiger partial charge in [-0.25, -0.2) is 0 Å². The minimum Gasteiger partial charge on any atom is -1.00 e. The van der Waals surface area contributed by atoms with Crippen LogP contribution in [-0.2, 0) is 20.2 Å². The fourth-order valence-electron chi connectivity index (χ4n) is 5.32. The molecule has 0 fully saturated rings. The van der Waals surface area contributed by atoms with E-state index < -0.39 is 42.1 Å². The van der Waals surface area contributed by atoms with Crippen LogP contribution in [0.4, 0.5) is 58.4 Å². The van der Waals surface area contributed by atoms with Crippen molar-refractivity contribution < 1.29 is 98.1 Å². The van der Waals surface area contributed by atoms with Crippen molar-refractivity contribution in [2.45, 2.75) is 35.7 Å². The number of hydrogen-bond donors (Lipinski definition) is 10. The van der Waals surface area contributed by atoms with Crippen LogP contribution in [0.25, 0.3) is 12.2 Å². The summed E-state index contributed by atoms with van der Waals surface area (Å²) in [6, 6.07) is 25.2. The average Bonchev–Trinajstić information content (AvgIpc) is 3.20. The molecule has 0 aliphatic rings. The molecule has 62 heavy (non-hydrogen) atoms. The van der Waals surface area contributed by atoms with Gasteiger partial charge in [-0.05, 0) is 73.5 Å². The van der Waals surface area contributed by atoms with Gasteiger partial charge in [-0.15, -0.1) is 0 Å². The number of nitrogens with zero attached hydrogens (tertiary/aromatic N) is 6. The standard InChI is InChI=1S/C38H40N12O8S2.2Na.2H/c1-23(21-51)39-33-45-35(41-27-9-5-3-6-10-27)49-37(47-33)43-29-17-15-25(31(19-29)59(53,54)55)13-14-26-16-18-30(20-32(26)60(56,57)58)44-38-48-34(40-24(2)22-52)46-36(50-38)42-28-11-7-4-8-12-28;;;;/h3-20,23-24,51-52H,21-22H2,1-2H3,(H,53,54,55)(H,56,57,58)(H3,39,41,43,45,47,49)(H3,40,42,44,46,48,50);;;;/q;2*+1;2*-1. The van der Waals surface area contributed by atoms with Gasteiger partial charge in [0.2, 0.25) is 35.7 Å². The molecule has 20 nitrogen and oxygen atoms in total. The SMILES string of the molecule is CC(CO)Nc1nc(Nc2ccccc2)nc(Nc2ccc(C=Cc3ccc(Nc4nc(Nc5ccccc5)nc(NC(C)CO)n4)cc3S(=O)(=O)O)c(S(=O)(=O)O)c2)n1.[H-].[H-].[Na+].[Na+]. The topological polar surface area (TPSA) is 299 Å². The Morgan fingerprint density at radius 2 is 0.806 bits per heavy atom. The molecule has 2 atom stereocenters. The molecule has 316 valence electrons. The Morgan fingerprint density at radius 3 is 1.11 bits per heavy atom. The van der Waals surface area contributed by atoms with Crippen LogP contribution in [0.15, 0.2) is 107 Å². The molecule has 0 spiro atoms. The molecule has 0 saturated carbocycles. The van der Waals surface area contributed by atoms with Crippen LogP contribution in [-0.4, -0.2) is 91.4 Å². The molecular formula is C38H42N12Na2O8S2. The summed E-state index contributed by atoms with van der Waals surface area (Å²) in [6.45, 7) is 3.00. The summed E-state index contributed by atoms with van der Waals surface area (Å²) in [7, 11) is -9.73. The number of rotatable bonds is 18. The second-order valence-electron chi connectivity index (χ2n) is 13.1. The zero-order valence-corrected chi connectivity index (χ0v) is 39.5. The van der Waals surface area contributed by atoms with Gasteiger partial charge >= 0.3 is 59.1 Å². The predicted octanol–water partition coefficient (Wildman–Crippen LogP) is -0.487. The van der Waals surface area contributed by atoms with Crippen LogP contribution >= 0.6 is 0 Å². The first-order valence-electron chi connectivity index (χ1n) is 18.0. The summed E-state index contributed by atoms with van der Waals surface area (Å²) in [5.41, 5.74) is 1.58. The number of anilines is 10. The van der Waals surface area contributed by atoms with Gasteiger partial charge in [0.15, 0.2) is 0 Å². The summed E-state index contributed by atoms with van der Waals surface area (Å²) >= 11 is 0. The molecule has 0 bridgehead atoms. The van der Waals surface area contributed by atoms with Gasteiger partial charge in [0.25, 0.3) is 20.2 Å². The van der Waals surface area contributed by atoms with Crippen LogP contribution in [0, 0.1) is 0 Å². The molecule has 6 rings (SSSR count). The third-order valence-corrected chi connectivity index (χ3v) is 9.99. The van der Waals surface area contributed by atoms with Crippen molar-refractivity contribution >= 4 is 90.8 Å². The fourth-order valence-corrected chi connectivity index (χ4v) is 6.74. The van der Waals surface area contributed by atoms with Crippen molar-refractivity contribution in [1.29, 1.82) is 0 Å². The van der Waals surface area contributed by atoms with Gasteiger partial charge < -0.3 is 45.0 Å². The molecule has 0 radical (unpaired) electrons. The van der Waals surface area contributed by atoms with Crippen LogP contribution in [0.2, 0.25) is 0 Å². The molecule has 10 N–H and O–H groups in total. The van der Waals surface area contributed by atoms with Crippen molar-refractivity contribution in [2.75, 3.05) is 45.1 Å². The second-order valence-corrected chi connectivity index (χ2v) is 15.9. The molecule has 0 aliphatic heterocycles. The fraction of sp³-hybridized carbons (Fsp3) is 0.158. The van der Waals surface area contributed by atoms with Crippen LogP contribution in [0.3, 0.4) is 0 Å². The number of aromatic nitrogens is 6. The molecule has 24 heteroatoms. The molecule has 2 heterocycles. The molecule has 4 aromatic carbocycles. The third-order valence-electron chi connectivity index (χ3n) is 8.17. The first-order valence-corrected chi connectivity index (χ1v) is 20.9. The minimum absolute atomic E-state index is 0. The van der Waals surface area contributed by atoms with Crippen molar-refractivity contribution in [3.8, 4) is 0 Å². The average molecular weight is 905 g/mol. The molecule has 0 saturated heterocycles. The van der Waals surface area contributed by atoms with Crippen molar-refractivity contribution in [3.05, 3.63) is 108 Å². The van der Waals surface area contributed by atoms with Gasteiger partial charge in [0.05, 0.1) is 13.2 Å². The first-order chi connectivity index (χ1) is 28.6. The number of hydrogen-bond acceptors (Lipinski definition) is 18. The van der Waals surface area contributed by atoms with Gasteiger partial charge in [0, 0.05) is 34.8 Å². The Bertz CT molecular complexity index is 2540. The maximum absolute atomic E-state index is 12.6. The molecule has 2 unspecified atom stereocenters. The zero-order valence-electron chi connectivity index (χ0n) is 35.9. The maximum Gasteiger partial charge on any atom is 1.00 e. The Hall–Kier alpha value is -4.82. The van der Waals surface area contributed by atoms with Gasteiger partial charge in [-0.2, -0.15) is 46.7 Å². The van der Waals surface area contributed by atoms with Gasteiger partial charge in [-0.1, -0.05) is 60.7 Å². The predicted molar refractivity (Wildman–Crippen MR) is 230 cm³/mol. The van der Waals surface area contributed by atoms with E-state index in [0.717, 1.165) is 12.1 Å². The van der Waals surface area contributed by atoms with E-state index in [2.05, 4.69) is 61.8 Å². The largest absolute Gasteiger partial charge is 1.00 e. The summed E-state index contributed by atoms with van der Waals surface area (Å²) in [4.78, 5) is 25.0. The number of benzene rings is 4. The summed E-state index contributed by atoms with van der Waals surface area (Å²) in [5, 5.41) is 36.9. The monoisotopic (exact) mass is 904 g/mol. The number of para-hydroxylation sites is 2. The van der Waals surface area contributed by atoms with Crippen molar-refractivity contribution in [1.82, 2.24) is 29.9 Å². The maximum atomic E-state index is 12.6. The Morgan fingerprint density at radius 1 is 0.500 bits per heavy atom. The van der Waals surface area contributed by atoms with E-state index in [-0.39, 0.29) is 133 Å². The molecule has 6 aromatic rings. The molecule has 0 aliphatic carbocycles. The molecular weight excluding hydrogens is 863 g/mol. The second kappa shape index (κ2) is 22.5. The third kappa shape index (κ3) is 14.4. The summed E-state index contributed by atoms with van der Waals surface area (Å²) in [6.07, 6.45) is 2.50. The number of aliphatic hydroxyl groups excluding tert-OH is 2. The van der Waals surface area contributed by atoms with E-state index in [1.807, 2.05) is 36.4 Å². The van der Waals surface area contributed by atoms with E-state index in [4.69, 9.17) is 0 Å². The van der Waals surface area contributed by atoms with E-state index in [1.165, 1.54) is 36.4 Å². The Kier molecular flexibility index (Phi) is 18.1.